The summed E-state index contributed by atoms with van der Waals surface area (Å²) in [6, 6.07) is 5.18. The predicted molar refractivity (Wildman–Crippen MR) is 64.5 cm³/mol. The van der Waals surface area contributed by atoms with Gasteiger partial charge in [-0.1, -0.05) is 0 Å². The lowest BCUT2D eigenvalue weighted by Crippen LogP contribution is -1.96. The summed E-state index contributed by atoms with van der Waals surface area (Å²) in [6.07, 6.45) is 0. The second-order valence-electron chi connectivity index (χ2n) is 4.02. The van der Waals surface area contributed by atoms with Crippen LogP contribution < -0.4 is 0 Å². The van der Waals surface area contributed by atoms with E-state index in [0.29, 0.717) is 12.1 Å². The number of aromatic hydroxyl groups is 2. The molecule has 2 N–H and O–H groups in total. The number of hydrogen-bond donors (Lipinski definition) is 2. The van der Waals surface area contributed by atoms with Crippen molar-refractivity contribution >= 4 is 0 Å². The molecule has 0 aliphatic heterocycles. The lowest BCUT2D eigenvalue weighted by atomic mass is 9.94. The van der Waals surface area contributed by atoms with E-state index in [1.54, 1.807) is 6.07 Å². The Kier molecular flexibility index (Phi) is 3.43. The Morgan fingerprint density at radius 2 is 1.48 bits per heavy atom. The Morgan fingerprint density at radius 3 is 1.95 bits per heavy atom. The Labute approximate surface area is 116 Å². The lowest BCUT2D eigenvalue weighted by molar-refractivity contribution is 0.402. The van der Waals surface area contributed by atoms with Crippen LogP contribution in [0.1, 0.15) is 11.1 Å². The maximum absolute atomic E-state index is 13.3. The second kappa shape index (κ2) is 5.06. The summed E-state index contributed by atoms with van der Waals surface area (Å²) in [4.78, 5) is 0. The van der Waals surface area contributed by atoms with Crippen LogP contribution in [0.15, 0.2) is 18.2 Å². The number of nitriles is 2. The van der Waals surface area contributed by atoms with Crippen molar-refractivity contribution < 1.29 is 23.4 Å². The monoisotopic (exact) mass is 290 g/mol. The van der Waals surface area contributed by atoms with Gasteiger partial charge in [0.25, 0.3) is 0 Å². The topological polar surface area (TPSA) is 88.0 Å². The van der Waals surface area contributed by atoms with Crippen molar-refractivity contribution in [2.45, 2.75) is 0 Å². The average molecular weight is 290 g/mol. The fourth-order valence-corrected chi connectivity index (χ4v) is 1.86. The van der Waals surface area contributed by atoms with Gasteiger partial charge in [0, 0.05) is 11.6 Å². The fraction of sp³-hybridized carbons (Fsp3) is 0. The summed E-state index contributed by atoms with van der Waals surface area (Å²) in [5.74, 6) is -6.28. The molecule has 0 saturated heterocycles. The number of hydrogen-bond acceptors (Lipinski definition) is 4. The Hall–Kier alpha value is -3.19. The van der Waals surface area contributed by atoms with Crippen LogP contribution in [0.25, 0.3) is 11.1 Å². The standard InChI is InChI=1S/C14H5F3N2O2/c15-9-1-6(2-10(16)13(9)17)12-7(4-18)3-11(20)14(21)8(12)5-19/h1-3,20-21H. The molecule has 0 aliphatic carbocycles. The molecule has 0 aromatic heterocycles. The third kappa shape index (κ3) is 2.21. The van der Waals surface area contributed by atoms with Gasteiger partial charge in [-0.3, -0.25) is 0 Å². The van der Waals surface area contributed by atoms with Crippen LogP contribution in [0.2, 0.25) is 0 Å². The van der Waals surface area contributed by atoms with Gasteiger partial charge in [-0.25, -0.2) is 13.2 Å². The first-order valence-corrected chi connectivity index (χ1v) is 5.44. The number of nitrogens with zero attached hydrogens (tertiary/aromatic N) is 2. The van der Waals surface area contributed by atoms with Gasteiger partial charge in [-0.2, -0.15) is 10.5 Å². The van der Waals surface area contributed by atoms with Crippen molar-refractivity contribution in [1.29, 1.82) is 10.5 Å². The molecule has 0 atom stereocenters. The second-order valence-corrected chi connectivity index (χ2v) is 4.02. The molecule has 2 aromatic rings. The zero-order valence-electron chi connectivity index (χ0n) is 10.2. The Balaban J connectivity index is 2.91. The minimum Gasteiger partial charge on any atom is -0.504 e. The Bertz CT molecular complexity index is 813. The van der Waals surface area contributed by atoms with E-state index < -0.39 is 34.5 Å². The van der Waals surface area contributed by atoms with E-state index in [0.717, 1.165) is 6.07 Å². The highest BCUT2D eigenvalue weighted by Crippen LogP contribution is 2.39. The molecule has 104 valence electrons. The highest BCUT2D eigenvalue weighted by Gasteiger charge is 2.21. The van der Waals surface area contributed by atoms with Gasteiger partial charge in [-0.05, 0) is 17.7 Å². The number of rotatable bonds is 1. The fourth-order valence-electron chi connectivity index (χ4n) is 1.86. The summed E-state index contributed by atoms with van der Waals surface area (Å²) >= 11 is 0. The van der Waals surface area contributed by atoms with Crippen molar-refractivity contribution in [3.63, 3.8) is 0 Å². The van der Waals surface area contributed by atoms with Gasteiger partial charge in [0.05, 0.1) is 11.6 Å². The van der Waals surface area contributed by atoms with Gasteiger partial charge in [0.2, 0.25) is 0 Å². The zero-order chi connectivity index (χ0) is 15.7. The van der Waals surface area contributed by atoms with Crippen LogP contribution in [0, 0.1) is 40.1 Å². The largest absolute Gasteiger partial charge is 0.504 e. The summed E-state index contributed by atoms with van der Waals surface area (Å²) in [5, 5.41) is 37.0. The van der Waals surface area contributed by atoms with Gasteiger partial charge >= 0.3 is 0 Å². The van der Waals surface area contributed by atoms with Crippen molar-refractivity contribution in [2.75, 3.05) is 0 Å². The predicted octanol–water partition coefficient (Wildman–Crippen LogP) is 2.93. The minimum absolute atomic E-state index is 0.298. The smallest absolute Gasteiger partial charge is 0.194 e. The quantitative estimate of drug-likeness (QED) is 0.624. The molecule has 0 fully saturated rings. The summed E-state index contributed by atoms with van der Waals surface area (Å²) in [7, 11) is 0. The summed E-state index contributed by atoms with van der Waals surface area (Å²) < 4.78 is 39.5. The SMILES string of the molecule is N#Cc1cc(O)c(O)c(C#N)c1-c1cc(F)c(F)c(F)c1. The van der Waals surface area contributed by atoms with Gasteiger partial charge in [0.15, 0.2) is 29.0 Å². The van der Waals surface area contributed by atoms with Crippen LogP contribution in [-0.2, 0) is 0 Å². The summed E-state index contributed by atoms with van der Waals surface area (Å²) in [5.41, 5.74) is -1.45. The van der Waals surface area contributed by atoms with E-state index in [9.17, 15) is 23.4 Å². The molecular formula is C14H5F3N2O2. The Morgan fingerprint density at radius 1 is 0.905 bits per heavy atom. The number of benzene rings is 2. The average Bonchev–Trinajstić information content (AvgIpc) is 2.46. The van der Waals surface area contributed by atoms with E-state index in [1.165, 1.54) is 6.07 Å². The molecule has 7 heteroatoms. The van der Waals surface area contributed by atoms with E-state index in [4.69, 9.17) is 10.5 Å². The van der Waals surface area contributed by atoms with Crippen molar-refractivity contribution in [2.24, 2.45) is 0 Å². The first-order valence-electron chi connectivity index (χ1n) is 5.44. The van der Waals surface area contributed by atoms with Gasteiger partial charge in [0.1, 0.15) is 11.6 Å². The zero-order valence-corrected chi connectivity index (χ0v) is 10.2. The molecule has 4 nitrogen and oxygen atoms in total. The van der Waals surface area contributed by atoms with Crippen LogP contribution in [0.3, 0.4) is 0 Å². The molecule has 0 spiro atoms. The molecular weight excluding hydrogens is 285 g/mol. The molecule has 21 heavy (non-hydrogen) atoms. The third-order valence-electron chi connectivity index (χ3n) is 2.78. The molecule has 0 unspecified atom stereocenters. The highest BCUT2D eigenvalue weighted by atomic mass is 19.2. The molecule has 2 rings (SSSR count). The summed E-state index contributed by atoms with van der Waals surface area (Å²) in [6.45, 7) is 0. The lowest BCUT2D eigenvalue weighted by Gasteiger charge is -2.10. The van der Waals surface area contributed by atoms with Crippen LogP contribution in [0.5, 0.6) is 11.5 Å². The van der Waals surface area contributed by atoms with Crippen LogP contribution in [0.4, 0.5) is 13.2 Å². The molecule has 0 amide bonds. The molecule has 0 aliphatic rings. The van der Waals surface area contributed by atoms with Crippen molar-refractivity contribution in [3.8, 4) is 34.8 Å². The number of halogens is 3. The number of phenolic OH excluding ortho intramolecular Hbond substituents is 2. The molecule has 0 saturated carbocycles. The van der Waals surface area contributed by atoms with Gasteiger partial charge in [-0.15, -0.1) is 0 Å². The van der Waals surface area contributed by atoms with Crippen molar-refractivity contribution in [3.05, 3.63) is 46.8 Å². The maximum Gasteiger partial charge on any atom is 0.194 e. The van der Waals surface area contributed by atoms with E-state index >= 15 is 0 Å². The molecule has 2 aromatic carbocycles. The molecule has 0 heterocycles. The normalized spacial score (nSPS) is 9.95. The van der Waals surface area contributed by atoms with Crippen molar-refractivity contribution in [1.82, 2.24) is 0 Å². The molecule has 0 radical (unpaired) electrons. The van der Waals surface area contributed by atoms with Crippen LogP contribution in [-0.4, -0.2) is 10.2 Å². The van der Waals surface area contributed by atoms with E-state index in [1.807, 2.05) is 0 Å². The maximum atomic E-state index is 13.3. The first-order chi connectivity index (χ1) is 9.90. The third-order valence-corrected chi connectivity index (χ3v) is 2.78. The highest BCUT2D eigenvalue weighted by molar-refractivity contribution is 5.81. The first kappa shape index (κ1) is 14.2. The minimum atomic E-state index is -1.70. The van der Waals surface area contributed by atoms with Gasteiger partial charge < -0.3 is 10.2 Å². The van der Waals surface area contributed by atoms with Crippen LogP contribution >= 0.6 is 0 Å². The van der Waals surface area contributed by atoms with E-state index in [-0.39, 0.29) is 16.7 Å². The molecule has 0 bridgehead atoms. The number of phenols is 2. The van der Waals surface area contributed by atoms with E-state index in [2.05, 4.69) is 0 Å².